The molecule has 1 unspecified atom stereocenters. The fraction of sp³-hybridized carbons (Fsp3) is 0.400. The number of fused-ring (bicyclic) bond motifs is 3. The summed E-state index contributed by atoms with van der Waals surface area (Å²) in [6.45, 7) is 4.57. The second-order valence-corrected chi connectivity index (χ2v) is 8.15. The molecule has 0 radical (unpaired) electrons. The Kier molecular flexibility index (Phi) is 3.94. The van der Waals surface area contributed by atoms with E-state index in [4.69, 9.17) is 9.47 Å². The molecular weight excluding hydrogens is 364 g/mol. The topological polar surface area (TPSA) is 60.3 Å². The van der Waals surface area contributed by atoms with Crippen LogP contribution in [0.3, 0.4) is 0 Å². The van der Waals surface area contributed by atoms with Gasteiger partial charge in [0.25, 0.3) is 5.78 Å². The number of nitrogens with one attached hydrogen (secondary N) is 1. The van der Waals surface area contributed by atoms with E-state index in [1.165, 1.54) is 15.3 Å². The van der Waals surface area contributed by atoms with Crippen LogP contribution in [0.5, 0.6) is 11.5 Å². The predicted molar refractivity (Wildman–Crippen MR) is 101 cm³/mol. The van der Waals surface area contributed by atoms with Gasteiger partial charge in [-0.1, -0.05) is 6.92 Å². The highest BCUT2D eigenvalue weighted by Crippen LogP contribution is 2.40. The van der Waals surface area contributed by atoms with Crippen molar-refractivity contribution in [2.75, 3.05) is 31.3 Å². The largest absolute Gasteiger partial charge is 0.486 e. The van der Waals surface area contributed by atoms with Crippen molar-refractivity contribution in [2.45, 2.75) is 25.8 Å². The van der Waals surface area contributed by atoms with Crippen molar-refractivity contribution in [2.24, 2.45) is 0 Å². The molecule has 6 nitrogen and oxygen atoms in total. The number of ether oxygens (including phenoxy) is 2. The van der Waals surface area contributed by atoms with Crippen LogP contribution in [-0.2, 0) is 11.2 Å². The lowest BCUT2D eigenvalue weighted by Gasteiger charge is -2.34. The first-order chi connectivity index (χ1) is 13.2. The Morgan fingerprint density at radius 1 is 1.22 bits per heavy atom. The van der Waals surface area contributed by atoms with Crippen molar-refractivity contribution in [3.8, 4) is 11.5 Å². The number of amides is 1. The molecule has 7 heteroatoms. The molecule has 1 N–H and O–H groups in total. The van der Waals surface area contributed by atoms with Gasteiger partial charge in [0, 0.05) is 29.3 Å². The maximum Gasteiger partial charge on any atom is 0.303 e. The zero-order valence-electron chi connectivity index (χ0n) is 15.1. The van der Waals surface area contributed by atoms with E-state index >= 15 is 0 Å². The maximum atomic E-state index is 12.7. The first-order valence-corrected chi connectivity index (χ1v) is 10.3. The lowest BCUT2D eigenvalue weighted by atomic mass is 9.98. The number of anilines is 1. The van der Waals surface area contributed by atoms with Gasteiger partial charge in [0.05, 0.1) is 17.8 Å². The summed E-state index contributed by atoms with van der Waals surface area (Å²) in [5, 5.41) is 2.15. The Hall–Kier alpha value is -2.38. The minimum Gasteiger partial charge on any atom is -0.486 e. The fourth-order valence-electron chi connectivity index (χ4n) is 4.42. The lowest BCUT2D eigenvalue weighted by molar-refractivity contribution is -0.932. The van der Waals surface area contributed by atoms with E-state index in [1.54, 1.807) is 17.0 Å². The average molecular weight is 385 g/mol. The number of ketones is 1. The number of hydrogen-bond acceptors (Lipinski definition) is 5. The van der Waals surface area contributed by atoms with Crippen LogP contribution in [0, 0.1) is 0 Å². The predicted octanol–water partition coefficient (Wildman–Crippen LogP) is 1.60. The molecule has 0 spiro atoms. The third-order valence-corrected chi connectivity index (χ3v) is 6.72. The molecular formula is C20H21N2O4S+. The number of nitrogens with zero attached hydrogens (tertiary/aromatic N) is 1. The van der Waals surface area contributed by atoms with E-state index in [2.05, 4.69) is 18.4 Å². The molecule has 3 aliphatic rings. The van der Waals surface area contributed by atoms with Gasteiger partial charge in [0.2, 0.25) is 0 Å². The second-order valence-electron chi connectivity index (χ2n) is 7.15. The van der Waals surface area contributed by atoms with Crippen LogP contribution in [0.15, 0.2) is 23.6 Å². The molecule has 4 heterocycles. The molecule has 27 heavy (non-hydrogen) atoms. The summed E-state index contributed by atoms with van der Waals surface area (Å²) < 4.78 is 11.2. The highest BCUT2D eigenvalue weighted by molar-refractivity contribution is 7.10. The van der Waals surface area contributed by atoms with Crippen LogP contribution < -0.4 is 19.3 Å². The quantitative estimate of drug-likeness (QED) is 0.816. The zero-order valence-corrected chi connectivity index (χ0v) is 15.9. The zero-order chi connectivity index (χ0) is 18.5. The third-order valence-electron chi connectivity index (χ3n) is 5.73. The van der Waals surface area contributed by atoms with Crippen molar-refractivity contribution in [3.05, 3.63) is 39.6 Å². The van der Waals surface area contributed by atoms with Crippen LogP contribution in [0.25, 0.3) is 0 Å². The van der Waals surface area contributed by atoms with E-state index in [-0.39, 0.29) is 0 Å². The van der Waals surface area contributed by atoms with Crippen LogP contribution in [-0.4, -0.2) is 38.1 Å². The minimum absolute atomic E-state index is 0.351. The summed E-state index contributed by atoms with van der Waals surface area (Å²) >= 11 is 1.82. The molecule has 3 aliphatic heterocycles. The van der Waals surface area contributed by atoms with Crippen molar-refractivity contribution in [1.29, 1.82) is 0 Å². The number of carbonyl (C=O) groups is 2. The van der Waals surface area contributed by atoms with Gasteiger partial charge >= 0.3 is 5.91 Å². The minimum atomic E-state index is -0.456. The standard InChI is InChI=1S/C20H20N2O4S/c1-2-14-12-4-8-27-18(12)3-5-21(14)11-22-15-10-17-16(25-6-7-26-17)9-13(15)19(23)20(22)24/h4,8-10,14H,2-3,5-7,11H2,1H3/p+1/t14-/m1/s1. The van der Waals surface area contributed by atoms with Crippen LogP contribution >= 0.6 is 11.3 Å². The number of Topliss-reactive ketones (excluding diaryl/α,β-unsaturated/α-hetero) is 1. The smallest absolute Gasteiger partial charge is 0.303 e. The Morgan fingerprint density at radius 2 is 2.00 bits per heavy atom. The first kappa shape index (κ1) is 16.8. The summed E-state index contributed by atoms with van der Waals surface area (Å²) in [4.78, 5) is 29.7. The van der Waals surface area contributed by atoms with E-state index < -0.39 is 11.7 Å². The summed E-state index contributed by atoms with van der Waals surface area (Å²) in [6, 6.07) is 6.00. The maximum absolute atomic E-state index is 12.7. The summed E-state index contributed by atoms with van der Waals surface area (Å²) in [5.41, 5.74) is 2.46. The average Bonchev–Trinajstić information content (AvgIpc) is 3.25. The van der Waals surface area contributed by atoms with Crippen LogP contribution in [0.4, 0.5) is 5.69 Å². The Balaban J connectivity index is 1.48. The van der Waals surface area contributed by atoms with Gasteiger partial charge in [-0.2, -0.15) is 0 Å². The molecule has 0 bridgehead atoms. The second kappa shape index (κ2) is 6.35. The summed E-state index contributed by atoms with van der Waals surface area (Å²) in [5.74, 6) is 0.240. The van der Waals surface area contributed by atoms with Gasteiger partial charge in [0.15, 0.2) is 18.2 Å². The van der Waals surface area contributed by atoms with Gasteiger partial charge in [-0.15, -0.1) is 11.3 Å². The van der Waals surface area contributed by atoms with E-state index in [1.807, 2.05) is 11.3 Å². The number of rotatable bonds is 3. The normalized spacial score (nSPS) is 23.4. The monoisotopic (exact) mass is 385 g/mol. The third kappa shape index (κ3) is 2.56. The Bertz CT molecular complexity index is 938. The Labute approximate surface area is 161 Å². The van der Waals surface area contributed by atoms with E-state index in [9.17, 15) is 9.59 Å². The first-order valence-electron chi connectivity index (χ1n) is 9.38. The van der Waals surface area contributed by atoms with Gasteiger partial charge in [-0.3, -0.25) is 14.5 Å². The molecule has 140 valence electrons. The number of hydrogen-bond donors (Lipinski definition) is 1. The van der Waals surface area contributed by atoms with Crippen molar-refractivity contribution in [1.82, 2.24) is 0 Å². The Morgan fingerprint density at radius 3 is 2.78 bits per heavy atom. The van der Waals surface area contributed by atoms with Crippen LogP contribution in [0.2, 0.25) is 0 Å². The van der Waals surface area contributed by atoms with Crippen molar-refractivity contribution < 1.29 is 24.0 Å². The molecule has 5 rings (SSSR count). The number of quaternary nitrogens is 1. The van der Waals surface area contributed by atoms with Crippen molar-refractivity contribution >= 4 is 28.7 Å². The van der Waals surface area contributed by atoms with Crippen molar-refractivity contribution in [3.63, 3.8) is 0 Å². The number of thiophene rings is 1. The molecule has 0 fully saturated rings. The van der Waals surface area contributed by atoms with Gasteiger partial charge < -0.3 is 14.4 Å². The number of carbonyl (C=O) groups excluding carboxylic acids is 2. The van der Waals surface area contributed by atoms with Crippen LogP contribution in [0.1, 0.15) is 40.2 Å². The highest BCUT2D eigenvalue weighted by Gasteiger charge is 2.41. The van der Waals surface area contributed by atoms with Gasteiger partial charge in [0.1, 0.15) is 19.3 Å². The SMILES string of the molecule is CC[C@@H]1c2ccsc2CC[NH+]1CN1C(=O)C(=O)c2cc3c(cc21)OCCO3. The molecule has 1 aromatic heterocycles. The lowest BCUT2D eigenvalue weighted by Crippen LogP contribution is -3.15. The van der Waals surface area contributed by atoms with E-state index in [0.717, 1.165) is 19.4 Å². The summed E-state index contributed by atoms with van der Waals surface area (Å²) in [7, 11) is 0. The molecule has 0 saturated heterocycles. The molecule has 0 saturated carbocycles. The van der Waals surface area contributed by atoms with Gasteiger partial charge in [-0.25, -0.2) is 0 Å². The van der Waals surface area contributed by atoms with E-state index in [0.29, 0.717) is 48.7 Å². The molecule has 1 amide bonds. The highest BCUT2D eigenvalue weighted by atomic mass is 32.1. The molecule has 0 aliphatic carbocycles. The van der Waals surface area contributed by atoms with Gasteiger partial charge in [-0.05, 0) is 17.5 Å². The fourth-order valence-corrected chi connectivity index (χ4v) is 5.37. The summed E-state index contributed by atoms with van der Waals surface area (Å²) in [6.07, 6.45) is 2.02. The molecule has 1 aromatic carbocycles. The molecule has 2 aromatic rings. The number of benzene rings is 1. The molecule has 2 atom stereocenters.